The molecular weight excluding hydrogens is 152 g/mol. The van der Waals surface area contributed by atoms with Crippen LogP contribution in [0.1, 0.15) is 30.1 Å². The normalized spacial score (nSPS) is 9.75. The van der Waals surface area contributed by atoms with Gasteiger partial charge < -0.3 is 5.73 Å². The first kappa shape index (κ1) is 8.71. The minimum absolute atomic E-state index is 0.0723. The van der Waals surface area contributed by atoms with Crippen LogP contribution in [0.2, 0.25) is 0 Å². The number of rotatable bonds is 3. The molecule has 0 aliphatic heterocycles. The van der Waals surface area contributed by atoms with Crippen molar-refractivity contribution in [3.05, 3.63) is 24.0 Å². The standard InChI is InChI=1S/C9H12N2O/c1-2-3-9(12)7-6-11-5-4-8(7)10/h4-6H,2-3H2,1H3,(H2,10,11). The fraction of sp³-hybridized carbons (Fsp3) is 0.333. The molecule has 0 spiro atoms. The van der Waals surface area contributed by atoms with E-state index >= 15 is 0 Å². The number of carbonyl (C=O) groups is 1. The van der Waals surface area contributed by atoms with Gasteiger partial charge in [0, 0.05) is 24.5 Å². The summed E-state index contributed by atoms with van der Waals surface area (Å²) in [6.07, 6.45) is 4.48. The molecule has 0 atom stereocenters. The van der Waals surface area contributed by atoms with Gasteiger partial charge >= 0.3 is 0 Å². The van der Waals surface area contributed by atoms with Crippen molar-refractivity contribution < 1.29 is 4.79 Å². The number of Topliss-reactive ketones (excluding diaryl/α,β-unsaturated/α-hetero) is 1. The van der Waals surface area contributed by atoms with E-state index in [1.165, 1.54) is 6.20 Å². The minimum Gasteiger partial charge on any atom is -0.398 e. The number of nitrogen functional groups attached to an aromatic ring is 1. The van der Waals surface area contributed by atoms with Gasteiger partial charge in [0.25, 0.3) is 0 Å². The molecule has 1 aromatic heterocycles. The van der Waals surface area contributed by atoms with Crippen LogP contribution in [-0.4, -0.2) is 10.8 Å². The summed E-state index contributed by atoms with van der Waals surface area (Å²) in [7, 11) is 0. The molecule has 0 aliphatic carbocycles. The molecule has 0 fully saturated rings. The Morgan fingerprint density at radius 3 is 3.00 bits per heavy atom. The third-order valence-corrected chi connectivity index (χ3v) is 1.63. The van der Waals surface area contributed by atoms with Crippen molar-refractivity contribution in [3.8, 4) is 0 Å². The van der Waals surface area contributed by atoms with Gasteiger partial charge in [0.2, 0.25) is 0 Å². The zero-order chi connectivity index (χ0) is 8.97. The highest BCUT2D eigenvalue weighted by atomic mass is 16.1. The second-order valence-electron chi connectivity index (χ2n) is 2.64. The lowest BCUT2D eigenvalue weighted by molar-refractivity contribution is 0.0982. The Labute approximate surface area is 71.6 Å². The second-order valence-corrected chi connectivity index (χ2v) is 2.64. The van der Waals surface area contributed by atoms with Crippen LogP contribution in [0.25, 0.3) is 0 Å². The summed E-state index contributed by atoms with van der Waals surface area (Å²) in [5, 5.41) is 0. The van der Waals surface area contributed by atoms with Gasteiger partial charge in [0.15, 0.2) is 5.78 Å². The van der Waals surface area contributed by atoms with Crippen molar-refractivity contribution in [2.24, 2.45) is 0 Å². The second kappa shape index (κ2) is 3.85. The zero-order valence-corrected chi connectivity index (χ0v) is 7.08. The molecule has 0 bridgehead atoms. The van der Waals surface area contributed by atoms with Crippen molar-refractivity contribution in [1.29, 1.82) is 0 Å². The average Bonchev–Trinajstić information content (AvgIpc) is 2.05. The number of carbonyl (C=O) groups excluding carboxylic acids is 1. The lowest BCUT2D eigenvalue weighted by atomic mass is 10.1. The van der Waals surface area contributed by atoms with Crippen LogP contribution in [0.4, 0.5) is 5.69 Å². The van der Waals surface area contributed by atoms with Crippen molar-refractivity contribution in [2.45, 2.75) is 19.8 Å². The molecule has 64 valence electrons. The maximum atomic E-state index is 11.3. The average molecular weight is 164 g/mol. The van der Waals surface area contributed by atoms with Crippen molar-refractivity contribution in [2.75, 3.05) is 5.73 Å². The Bertz CT molecular complexity index is 284. The Kier molecular flexibility index (Phi) is 2.80. The van der Waals surface area contributed by atoms with Gasteiger partial charge in [-0.3, -0.25) is 9.78 Å². The molecule has 0 radical (unpaired) electrons. The number of anilines is 1. The molecule has 0 amide bonds. The van der Waals surface area contributed by atoms with Crippen LogP contribution >= 0.6 is 0 Å². The minimum atomic E-state index is 0.0723. The summed E-state index contributed by atoms with van der Waals surface area (Å²) in [4.78, 5) is 15.2. The van der Waals surface area contributed by atoms with Gasteiger partial charge in [-0.1, -0.05) is 6.92 Å². The van der Waals surface area contributed by atoms with E-state index in [1.54, 1.807) is 12.3 Å². The topological polar surface area (TPSA) is 56.0 Å². The van der Waals surface area contributed by atoms with E-state index in [4.69, 9.17) is 5.73 Å². The number of pyridine rings is 1. The molecule has 0 aliphatic rings. The highest BCUT2D eigenvalue weighted by Gasteiger charge is 2.07. The van der Waals surface area contributed by atoms with Crippen LogP contribution < -0.4 is 5.73 Å². The summed E-state index contributed by atoms with van der Waals surface area (Å²) < 4.78 is 0. The van der Waals surface area contributed by atoms with E-state index in [1.807, 2.05) is 6.92 Å². The highest BCUT2D eigenvalue weighted by Crippen LogP contribution is 2.11. The highest BCUT2D eigenvalue weighted by molar-refractivity contribution is 6.00. The van der Waals surface area contributed by atoms with E-state index in [0.29, 0.717) is 17.7 Å². The number of ketones is 1. The first-order valence-electron chi connectivity index (χ1n) is 3.98. The van der Waals surface area contributed by atoms with Crippen LogP contribution in [0.3, 0.4) is 0 Å². The van der Waals surface area contributed by atoms with Crippen LogP contribution in [0, 0.1) is 0 Å². The summed E-state index contributed by atoms with van der Waals surface area (Å²) in [6, 6.07) is 1.64. The number of nitrogens with zero attached hydrogens (tertiary/aromatic N) is 1. The molecule has 0 aromatic carbocycles. The monoisotopic (exact) mass is 164 g/mol. The van der Waals surface area contributed by atoms with Crippen molar-refractivity contribution in [1.82, 2.24) is 4.98 Å². The van der Waals surface area contributed by atoms with E-state index in [-0.39, 0.29) is 5.78 Å². The van der Waals surface area contributed by atoms with E-state index in [2.05, 4.69) is 4.98 Å². The molecule has 0 saturated carbocycles. The maximum absolute atomic E-state index is 11.3. The third kappa shape index (κ3) is 1.81. The lowest BCUT2D eigenvalue weighted by Crippen LogP contribution is -2.03. The predicted molar refractivity (Wildman–Crippen MR) is 47.9 cm³/mol. The van der Waals surface area contributed by atoms with E-state index < -0.39 is 0 Å². The lowest BCUT2D eigenvalue weighted by Gasteiger charge is -2.01. The molecule has 1 rings (SSSR count). The largest absolute Gasteiger partial charge is 0.398 e. The number of aromatic nitrogens is 1. The Morgan fingerprint density at radius 2 is 2.42 bits per heavy atom. The van der Waals surface area contributed by atoms with Crippen molar-refractivity contribution >= 4 is 11.5 Å². The summed E-state index contributed by atoms with van der Waals surface area (Å²) in [6.45, 7) is 1.96. The first-order chi connectivity index (χ1) is 5.75. The number of hydrogen-bond acceptors (Lipinski definition) is 3. The van der Waals surface area contributed by atoms with E-state index in [9.17, 15) is 4.79 Å². The van der Waals surface area contributed by atoms with Gasteiger partial charge in [-0.2, -0.15) is 0 Å². The van der Waals surface area contributed by atoms with Gasteiger partial charge in [-0.05, 0) is 12.5 Å². The van der Waals surface area contributed by atoms with Crippen LogP contribution in [-0.2, 0) is 0 Å². The molecule has 2 N–H and O–H groups in total. The third-order valence-electron chi connectivity index (χ3n) is 1.63. The molecule has 12 heavy (non-hydrogen) atoms. The Morgan fingerprint density at radius 1 is 1.67 bits per heavy atom. The Balaban J connectivity index is 2.87. The fourth-order valence-electron chi connectivity index (χ4n) is 1.000. The predicted octanol–water partition coefficient (Wildman–Crippen LogP) is 1.65. The van der Waals surface area contributed by atoms with Gasteiger partial charge in [-0.25, -0.2) is 0 Å². The number of nitrogens with two attached hydrogens (primary N) is 1. The molecule has 1 heterocycles. The zero-order valence-electron chi connectivity index (χ0n) is 7.08. The maximum Gasteiger partial charge on any atom is 0.166 e. The van der Waals surface area contributed by atoms with E-state index in [0.717, 1.165) is 6.42 Å². The summed E-state index contributed by atoms with van der Waals surface area (Å²) >= 11 is 0. The first-order valence-corrected chi connectivity index (χ1v) is 3.98. The number of hydrogen-bond donors (Lipinski definition) is 1. The summed E-state index contributed by atoms with van der Waals surface area (Å²) in [5.41, 5.74) is 6.65. The van der Waals surface area contributed by atoms with Gasteiger partial charge in [0.1, 0.15) is 0 Å². The van der Waals surface area contributed by atoms with Crippen molar-refractivity contribution in [3.63, 3.8) is 0 Å². The SMILES string of the molecule is CCCC(=O)c1cnccc1N. The molecule has 0 saturated heterocycles. The fourth-order valence-corrected chi connectivity index (χ4v) is 1.000. The van der Waals surface area contributed by atoms with Gasteiger partial charge in [0.05, 0.1) is 5.56 Å². The molecule has 0 unspecified atom stereocenters. The van der Waals surface area contributed by atoms with Gasteiger partial charge in [-0.15, -0.1) is 0 Å². The molecule has 3 heteroatoms. The molecule has 1 aromatic rings. The Hall–Kier alpha value is -1.38. The smallest absolute Gasteiger partial charge is 0.166 e. The molecular formula is C9H12N2O. The molecule has 3 nitrogen and oxygen atoms in total. The van der Waals surface area contributed by atoms with Crippen LogP contribution in [0.5, 0.6) is 0 Å². The summed E-state index contributed by atoms with van der Waals surface area (Å²) in [5.74, 6) is 0.0723. The quantitative estimate of drug-likeness (QED) is 0.691. The van der Waals surface area contributed by atoms with Crippen LogP contribution in [0.15, 0.2) is 18.5 Å².